The molecule has 1 aromatic carbocycles. The van der Waals surface area contributed by atoms with Crippen LogP contribution in [-0.2, 0) is 15.9 Å². The summed E-state index contributed by atoms with van der Waals surface area (Å²) in [5.41, 5.74) is -0.425. The van der Waals surface area contributed by atoms with Crippen molar-refractivity contribution in [3.8, 4) is 0 Å². The minimum absolute atomic E-state index is 0.250. The molecule has 0 aliphatic heterocycles. The average Bonchev–Trinajstić information content (AvgIpc) is 2.35. The van der Waals surface area contributed by atoms with E-state index in [0.717, 1.165) is 6.07 Å². The number of sulfonamides is 1. The summed E-state index contributed by atoms with van der Waals surface area (Å²) in [6, 6.07) is 3.48. The zero-order chi connectivity index (χ0) is 16.5. The van der Waals surface area contributed by atoms with Crippen LogP contribution in [0.3, 0.4) is 0 Å². The molecule has 116 valence electrons. The van der Waals surface area contributed by atoms with Gasteiger partial charge in [0.25, 0.3) is 15.9 Å². The SMILES string of the molecule is C=CC(F)(F)c1cc(C)cc(S(=O)(=O)N=CC(C)(C)C)c1. The Bertz CT molecular complexity index is 671. The molecule has 1 aromatic rings. The summed E-state index contributed by atoms with van der Waals surface area (Å²) in [4.78, 5) is -0.250. The first-order chi connectivity index (χ1) is 9.37. The van der Waals surface area contributed by atoms with Crippen LogP contribution in [0.15, 0.2) is 40.1 Å². The second kappa shape index (κ2) is 5.67. The van der Waals surface area contributed by atoms with Crippen molar-refractivity contribution in [1.82, 2.24) is 0 Å². The molecule has 0 aromatic heterocycles. The molecule has 0 spiro atoms. The Labute approximate surface area is 124 Å². The summed E-state index contributed by atoms with van der Waals surface area (Å²) >= 11 is 0. The highest BCUT2D eigenvalue weighted by atomic mass is 32.2. The second-order valence-electron chi connectivity index (χ2n) is 5.94. The quantitative estimate of drug-likeness (QED) is 0.621. The Morgan fingerprint density at radius 3 is 2.24 bits per heavy atom. The van der Waals surface area contributed by atoms with Gasteiger partial charge in [0.15, 0.2) is 0 Å². The number of nitrogens with zero attached hydrogens (tertiary/aromatic N) is 1. The molecule has 1 rings (SSSR count). The van der Waals surface area contributed by atoms with Gasteiger partial charge in [-0.3, -0.25) is 0 Å². The van der Waals surface area contributed by atoms with Crippen molar-refractivity contribution in [2.75, 3.05) is 0 Å². The molecular formula is C15H19F2NO2S. The number of hydrogen-bond donors (Lipinski definition) is 0. The second-order valence-corrected chi connectivity index (χ2v) is 7.57. The fraction of sp³-hybridized carbons (Fsp3) is 0.400. The highest BCUT2D eigenvalue weighted by Crippen LogP contribution is 2.31. The number of rotatable bonds is 4. The Morgan fingerprint density at radius 2 is 1.76 bits per heavy atom. The molecule has 0 aliphatic carbocycles. The molecule has 0 unspecified atom stereocenters. The summed E-state index contributed by atoms with van der Waals surface area (Å²) in [5.74, 6) is -3.29. The fourth-order valence-electron chi connectivity index (χ4n) is 1.50. The summed E-state index contributed by atoms with van der Waals surface area (Å²) < 4.78 is 55.1. The van der Waals surface area contributed by atoms with Gasteiger partial charge in [-0.1, -0.05) is 27.4 Å². The lowest BCUT2D eigenvalue weighted by Gasteiger charge is -2.14. The Hall–Kier alpha value is -1.56. The van der Waals surface area contributed by atoms with Gasteiger partial charge >= 0.3 is 0 Å². The molecule has 21 heavy (non-hydrogen) atoms. The number of hydrogen-bond acceptors (Lipinski definition) is 2. The molecule has 0 saturated heterocycles. The molecular weight excluding hydrogens is 296 g/mol. The smallest absolute Gasteiger partial charge is 0.199 e. The number of aryl methyl sites for hydroxylation is 1. The Morgan fingerprint density at radius 1 is 1.19 bits per heavy atom. The predicted molar refractivity (Wildman–Crippen MR) is 80.4 cm³/mol. The van der Waals surface area contributed by atoms with Gasteiger partial charge in [-0.15, -0.1) is 0 Å². The maximum Gasteiger partial charge on any atom is 0.291 e. The van der Waals surface area contributed by atoms with Crippen LogP contribution in [0.25, 0.3) is 0 Å². The van der Waals surface area contributed by atoms with Crippen LogP contribution < -0.4 is 0 Å². The predicted octanol–water partition coefficient (Wildman–Crippen LogP) is 4.08. The summed E-state index contributed by atoms with van der Waals surface area (Å²) in [6.07, 6.45) is 1.77. The topological polar surface area (TPSA) is 46.5 Å². The minimum Gasteiger partial charge on any atom is -0.199 e. The van der Waals surface area contributed by atoms with Crippen LogP contribution in [0, 0.1) is 12.3 Å². The number of halogens is 2. The third-order valence-corrected chi connectivity index (χ3v) is 3.78. The highest BCUT2D eigenvalue weighted by molar-refractivity contribution is 7.90. The molecule has 0 aliphatic rings. The van der Waals surface area contributed by atoms with Gasteiger partial charge in [-0.05, 0) is 42.2 Å². The Kier molecular flexibility index (Phi) is 4.73. The molecule has 0 radical (unpaired) electrons. The van der Waals surface area contributed by atoms with E-state index in [4.69, 9.17) is 0 Å². The van der Waals surface area contributed by atoms with Crippen LogP contribution in [0.1, 0.15) is 31.9 Å². The van der Waals surface area contributed by atoms with E-state index in [1.54, 1.807) is 27.7 Å². The lowest BCUT2D eigenvalue weighted by atomic mass is 10.00. The summed E-state index contributed by atoms with van der Waals surface area (Å²) in [5, 5.41) is 0. The molecule has 0 heterocycles. The zero-order valence-electron chi connectivity index (χ0n) is 12.5. The third-order valence-electron chi connectivity index (χ3n) is 2.57. The molecule has 0 atom stereocenters. The molecule has 0 amide bonds. The van der Waals surface area contributed by atoms with Crippen molar-refractivity contribution >= 4 is 16.2 Å². The van der Waals surface area contributed by atoms with Crippen LogP contribution in [0.4, 0.5) is 8.78 Å². The van der Waals surface area contributed by atoms with Crippen molar-refractivity contribution < 1.29 is 17.2 Å². The molecule has 0 bridgehead atoms. The van der Waals surface area contributed by atoms with Crippen LogP contribution in [0.2, 0.25) is 0 Å². The molecule has 0 N–H and O–H groups in total. The van der Waals surface area contributed by atoms with Gasteiger partial charge < -0.3 is 0 Å². The van der Waals surface area contributed by atoms with Crippen molar-refractivity contribution in [1.29, 1.82) is 0 Å². The monoisotopic (exact) mass is 315 g/mol. The van der Waals surface area contributed by atoms with Crippen molar-refractivity contribution in [3.05, 3.63) is 42.0 Å². The van der Waals surface area contributed by atoms with E-state index in [-0.39, 0.29) is 4.90 Å². The highest BCUT2D eigenvalue weighted by Gasteiger charge is 2.29. The lowest BCUT2D eigenvalue weighted by Crippen LogP contribution is -2.12. The first kappa shape index (κ1) is 17.5. The van der Waals surface area contributed by atoms with E-state index >= 15 is 0 Å². The third kappa shape index (κ3) is 4.74. The van der Waals surface area contributed by atoms with Crippen LogP contribution in [-0.4, -0.2) is 14.6 Å². The Balaban J connectivity index is 3.38. The number of alkyl halides is 2. The van der Waals surface area contributed by atoms with E-state index in [1.807, 2.05) is 0 Å². The fourth-order valence-corrected chi connectivity index (χ4v) is 2.68. The number of allylic oxidation sites excluding steroid dienone is 1. The molecule has 3 nitrogen and oxygen atoms in total. The largest absolute Gasteiger partial charge is 0.291 e. The molecule has 6 heteroatoms. The summed E-state index contributed by atoms with van der Waals surface area (Å²) in [7, 11) is -4.01. The summed E-state index contributed by atoms with van der Waals surface area (Å²) in [6.45, 7) is 9.99. The maximum atomic E-state index is 13.7. The van der Waals surface area contributed by atoms with Gasteiger partial charge in [0.05, 0.1) is 4.90 Å². The van der Waals surface area contributed by atoms with Gasteiger partial charge in [0.2, 0.25) is 0 Å². The standard InChI is InChI=1S/C15H19F2NO2S/c1-6-15(16,17)12-7-11(2)8-13(9-12)21(19,20)18-10-14(3,4)5/h6-10H,1H2,2-5H3. The normalized spacial score (nSPS) is 13.6. The lowest BCUT2D eigenvalue weighted by molar-refractivity contribution is 0.0522. The van der Waals surface area contributed by atoms with Crippen LogP contribution in [0.5, 0.6) is 0 Å². The van der Waals surface area contributed by atoms with Crippen molar-refractivity contribution in [3.63, 3.8) is 0 Å². The molecule has 0 saturated carbocycles. The number of benzene rings is 1. The van der Waals surface area contributed by atoms with Crippen LogP contribution >= 0.6 is 0 Å². The zero-order valence-corrected chi connectivity index (χ0v) is 13.3. The van der Waals surface area contributed by atoms with Crippen molar-refractivity contribution in [2.24, 2.45) is 9.81 Å². The first-order valence-corrected chi connectivity index (χ1v) is 7.76. The average molecular weight is 315 g/mol. The van der Waals surface area contributed by atoms with Crippen molar-refractivity contribution in [2.45, 2.75) is 38.5 Å². The van der Waals surface area contributed by atoms with E-state index in [9.17, 15) is 17.2 Å². The van der Waals surface area contributed by atoms with E-state index in [0.29, 0.717) is 11.6 Å². The van der Waals surface area contributed by atoms with Gasteiger partial charge in [0.1, 0.15) is 0 Å². The maximum absolute atomic E-state index is 13.7. The van der Waals surface area contributed by atoms with E-state index in [2.05, 4.69) is 11.0 Å². The first-order valence-electron chi connectivity index (χ1n) is 6.32. The van der Waals surface area contributed by atoms with Gasteiger partial charge in [-0.2, -0.15) is 21.6 Å². The van der Waals surface area contributed by atoms with Gasteiger partial charge in [0, 0.05) is 11.8 Å². The van der Waals surface area contributed by atoms with E-state index in [1.165, 1.54) is 18.3 Å². The minimum atomic E-state index is -4.01. The van der Waals surface area contributed by atoms with E-state index < -0.39 is 26.9 Å². The molecule has 0 fully saturated rings. The van der Waals surface area contributed by atoms with Gasteiger partial charge in [-0.25, -0.2) is 0 Å².